The van der Waals surface area contributed by atoms with E-state index >= 15 is 0 Å². The van der Waals surface area contributed by atoms with Gasteiger partial charge in [0.25, 0.3) is 0 Å². The van der Waals surface area contributed by atoms with E-state index in [0.717, 1.165) is 25.7 Å². The predicted molar refractivity (Wildman–Crippen MR) is 103 cm³/mol. The van der Waals surface area contributed by atoms with Crippen molar-refractivity contribution < 1.29 is 14.3 Å². The molecule has 0 N–H and O–H groups in total. The van der Waals surface area contributed by atoms with Crippen molar-refractivity contribution in [2.75, 3.05) is 7.11 Å². The minimum absolute atomic E-state index is 0.128. The van der Waals surface area contributed by atoms with Gasteiger partial charge in [-0.2, -0.15) is 0 Å². The van der Waals surface area contributed by atoms with Gasteiger partial charge in [-0.15, -0.1) is 0 Å². The zero-order valence-electron chi connectivity index (χ0n) is 16.1. The third kappa shape index (κ3) is 7.97. The lowest BCUT2D eigenvalue weighted by Gasteiger charge is -2.11. The number of carbonyl (C=O) groups is 2. The van der Waals surface area contributed by atoms with Gasteiger partial charge < -0.3 is 4.74 Å². The summed E-state index contributed by atoms with van der Waals surface area (Å²) in [6.07, 6.45) is 13.9. The van der Waals surface area contributed by atoms with Crippen molar-refractivity contribution >= 4 is 11.6 Å². The fourth-order valence-electron chi connectivity index (χ4n) is 2.56. The van der Waals surface area contributed by atoms with Crippen LogP contribution < -0.4 is 0 Å². The Morgan fingerprint density at radius 2 is 1.52 bits per heavy atom. The van der Waals surface area contributed by atoms with E-state index in [1.165, 1.54) is 36.0 Å². The second-order valence-corrected chi connectivity index (χ2v) is 6.78. The van der Waals surface area contributed by atoms with Crippen LogP contribution in [0, 0.1) is 0 Å². The van der Waals surface area contributed by atoms with Crippen molar-refractivity contribution in [1.82, 2.24) is 0 Å². The first-order valence-corrected chi connectivity index (χ1v) is 8.83. The number of ketones is 2. The lowest BCUT2D eigenvalue weighted by molar-refractivity contribution is -0.117. The van der Waals surface area contributed by atoms with Crippen LogP contribution in [0.25, 0.3) is 0 Å². The Morgan fingerprint density at radius 1 is 0.920 bits per heavy atom. The number of hydrogen-bond acceptors (Lipinski definition) is 3. The molecule has 0 saturated heterocycles. The van der Waals surface area contributed by atoms with Crippen LogP contribution in [-0.2, 0) is 14.3 Å². The average Bonchev–Trinajstić information content (AvgIpc) is 2.54. The lowest BCUT2D eigenvalue weighted by Crippen LogP contribution is -2.15. The van der Waals surface area contributed by atoms with E-state index in [1.54, 1.807) is 0 Å². The number of Topliss-reactive ketones (excluding diaryl/α,β-unsaturated/α-hetero) is 1. The Labute approximate surface area is 151 Å². The van der Waals surface area contributed by atoms with E-state index in [-0.39, 0.29) is 17.3 Å². The second-order valence-electron chi connectivity index (χ2n) is 6.78. The fourth-order valence-corrected chi connectivity index (χ4v) is 2.56. The summed E-state index contributed by atoms with van der Waals surface area (Å²) < 4.78 is 4.97. The van der Waals surface area contributed by atoms with Crippen LogP contribution in [0.1, 0.15) is 59.8 Å². The molecule has 0 unspecified atom stereocenters. The maximum absolute atomic E-state index is 12.1. The first kappa shape index (κ1) is 20.9. The van der Waals surface area contributed by atoms with E-state index in [9.17, 15) is 9.59 Å². The zero-order valence-corrected chi connectivity index (χ0v) is 16.1. The van der Waals surface area contributed by atoms with Gasteiger partial charge in [-0.25, -0.2) is 0 Å². The van der Waals surface area contributed by atoms with E-state index in [4.69, 9.17) is 4.74 Å². The molecule has 0 bridgehead atoms. The van der Waals surface area contributed by atoms with Gasteiger partial charge in [0.1, 0.15) is 0 Å². The number of hydrogen-bond donors (Lipinski definition) is 0. The molecular formula is C22H30O3. The molecule has 0 spiro atoms. The molecule has 1 aliphatic carbocycles. The number of carbonyl (C=O) groups excluding carboxylic acids is 2. The largest absolute Gasteiger partial charge is 0.493 e. The van der Waals surface area contributed by atoms with Gasteiger partial charge in [0.15, 0.2) is 11.5 Å². The van der Waals surface area contributed by atoms with Crippen molar-refractivity contribution in [1.29, 1.82) is 0 Å². The van der Waals surface area contributed by atoms with Crippen molar-refractivity contribution in [3.05, 3.63) is 58.4 Å². The van der Waals surface area contributed by atoms with Gasteiger partial charge in [-0.1, -0.05) is 34.9 Å². The van der Waals surface area contributed by atoms with Crippen LogP contribution in [0.5, 0.6) is 0 Å². The number of ether oxygens (including phenoxy) is 1. The first-order chi connectivity index (χ1) is 11.8. The number of rotatable bonds is 9. The van der Waals surface area contributed by atoms with Crippen LogP contribution in [0.4, 0.5) is 0 Å². The Bertz CT molecular complexity index is 651. The standard InChI is InChI=1S/C22H30O3/c1-16(2)8-6-9-17(3)10-7-11-18(4)12-13-19-14-20(23)15-21(25-5)22(19)24/h8,10,12,14-15H,6-7,9,11,13H2,1-5H3/b17-10+,18-12+. The third-order valence-corrected chi connectivity index (χ3v) is 4.12. The molecule has 0 fully saturated rings. The van der Waals surface area contributed by atoms with Gasteiger partial charge in [0.05, 0.1) is 7.11 Å². The molecular weight excluding hydrogens is 312 g/mol. The minimum Gasteiger partial charge on any atom is -0.493 e. The molecule has 0 aromatic carbocycles. The van der Waals surface area contributed by atoms with Gasteiger partial charge in [-0.05, 0) is 65.9 Å². The highest BCUT2D eigenvalue weighted by Crippen LogP contribution is 2.19. The summed E-state index contributed by atoms with van der Waals surface area (Å²) in [5.74, 6) is -0.253. The van der Waals surface area contributed by atoms with Crippen molar-refractivity contribution in [3.63, 3.8) is 0 Å². The van der Waals surface area contributed by atoms with Crippen molar-refractivity contribution in [2.24, 2.45) is 0 Å². The molecule has 0 aromatic heterocycles. The maximum atomic E-state index is 12.1. The van der Waals surface area contributed by atoms with Crippen LogP contribution in [0.2, 0.25) is 0 Å². The highest BCUT2D eigenvalue weighted by molar-refractivity contribution is 6.19. The minimum atomic E-state index is -0.193. The quantitative estimate of drug-likeness (QED) is 0.416. The van der Waals surface area contributed by atoms with Crippen LogP contribution in [-0.4, -0.2) is 18.7 Å². The zero-order chi connectivity index (χ0) is 18.8. The summed E-state index contributed by atoms with van der Waals surface area (Å²) >= 11 is 0. The molecule has 0 radical (unpaired) electrons. The molecule has 0 amide bonds. The molecule has 0 heterocycles. The summed E-state index contributed by atoms with van der Waals surface area (Å²) in [6.45, 7) is 8.49. The smallest absolute Gasteiger partial charge is 0.224 e. The molecule has 0 aliphatic heterocycles. The van der Waals surface area contributed by atoms with E-state index < -0.39 is 0 Å². The lowest BCUT2D eigenvalue weighted by atomic mass is 9.97. The second kappa shape index (κ2) is 10.7. The molecule has 0 saturated carbocycles. The molecule has 25 heavy (non-hydrogen) atoms. The summed E-state index contributed by atoms with van der Waals surface area (Å²) in [7, 11) is 1.41. The third-order valence-electron chi connectivity index (χ3n) is 4.12. The van der Waals surface area contributed by atoms with E-state index in [1.807, 2.05) is 6.08 Å². The van der Waals surface area contributed by atoms with Gasteiger partial charge in [0, 0.05) is 11.6 Å². The average molecular weight is 342 g/mol. The highest BCUT2D eigenvalue weighted by Gasteiger charge is 2.21. The van der Waals surface area contributed by atoms with E-state index in [2.05, 4.69) is 39.8 Å². The Balaban J connectivity index is 2.47. The maximum Gasteiger partial charge on any atom is 0.224 e. The topological polar surface area (TPSA) is 43.4 Å². The van der Waals surface area contributed by atoms with Crippen molar-refractivity contribution in [3.8, 4) is 0 Å². The summed E-state index contributed by atoms with van der Waals surface area (Å²) in [6, 6.07) is 0. The normalized spacial score (nSPS) is 15.7. The number of allylic oxidation sites excluding steroid dienone is 9. The molecule has 3 heteroatoms. The van der Waals surface area contributed by atoms with Crippen LogP contribution >= 0.6 is 0 Å². The first-order valence-electron chi connectivity index (χ1n) is 8.83. The number of methoxy groups -OCH3 is 1. The summed E-state index contributed by atoms with van der Waals surface area (Å²) in [5, 5.41) is 0. The molecule has 0 aromatic rings. The Hall–Kier alpha value is -2.16. The van der Waals surface area contributed by atoms with Gasteiger partial charge in [-0.3, -0.25) is 9.59 Å². The molecule has 0 atom stereocenters. The fraction of sp³-hybridized carbons (Fsp3) is 0.455. The SMILES string of the molecule is COC1=CC(=O)C=C(C/C=C(\C)CC/C=C(\C)CCC=C(C)C)C1=O. The molecule has 1 rings (SSSR count). The van der Waals surface area contributed by atoms with Gasteiger partial charge >= 0.3 is 0 Å². The Kier molecular flexibility index (Phi) is 8.90. The summed E-state index contributed by atoms with van der Waals surface area (Å²) in [5.41, 5.74) is 4.50. The predicted octanol–water partition coefficient (Wildman–Crippen LogP) is 5.40. The van der Waals surface area contributed by atoms with Gasteiger partial charge in [0.2, 0.25) is 5.78 Å². The molecule has 136 valence electrons. The Morgan fingerprint density at radius 3 is 2.12 bits per heavy atom. The van der Waals surface area contributed by atoms with Crippen LogP contribution in [0.3, 0.4) is 0 Å². The molecule has 3 nitrogen and oxygen atoms in total. The monoisotopic (exact) mass is 342 g/mol. The van der Waals surface area contributed by atoms with E-state index in [0.29, 0.717) is 12.0 Å². The van der Waals surface area contributed by atoms with Crippen molar-refractivity contribution in [2.45, 2.75) is 59.8 Å². The van der Waals surface area contributed by atoms with Crippen LogP contribution in [0.15, 0.2) is 58.4 Å². The summed E-state index contributed by atoms with van der Waals surface area (Å²) in [4.78, 5) is 23.7. The molecule has 1 aliphatic rings. The highest BCUT2D eigenvalue weighted by atomic mass is 16.5.